The second kappa shape index (κ2) is 7.70. The molecule has 5 heteroatoms. The Morgan fingerprint density at radius 3 is 2.05 bits per heavy atom. The number of hydrogen-bond donors (Lipinski definition) is 0. The van der Waals surface area contributed by atoms with E-state index in [-0.39, 0.29) is 0 Å². The lowest BCUT2D eigenvalue weighted by Gasteiger charge is -2.29. The topological polar surface area (TPSA) is 44.9 Å². The Balaban J connectivity index is 1.26. The smallest absolute Gasteiger partial charge is 0.135 e. The van der Waals surface area contributed by atoms with E-state index >= 15 is 0 Å². The average Bonchev–Trinajstić information content (AvgIpc) is 3.61. The first-order valence-electron chi connectivity index (χ1n) is 13.6. The number of nitrogens with zero attached hydrogens (tertiary/aromatic N) is 4. The van der Waals surface area contributed by atoms with E-state index in [1.807, 2.05) is 24.5 Å². The third-order valence-electron chi connectivity index (χ3n) is 8.52. The molecule has 0 N–H and O–H groups in total. The lowest BCUT2D eigenvalue weighted by molar-refractivity contribution is 0.170. The standard InChI is InChI=1S/C35H24N4O/c1-35-17-16-23(39-29-11-5-3-9-25(29)34-31(39)13-7-19-37-34)21-27(35)26-20-22(14-15-32(26)40-35)38-28-10-4-2-8-24(28)33-30(38)12-6-18-36-33/h2-16,18-21H,17H2,1H3. The minimum atomic E-state index is -0.413. The molecular formula is C35H24N4O. The average molecular weight is 517 g/mol. The number of allylic oxidation sites excluding steroid dienone is 2. The molecule has 3 aromatic carbocycles. The number of benzene rings is 3. The van der Waals surface area contributed by atoms with Gasteiger partial charge in [0.25, 0.3) is 0 Å². The molecule has 0 saturated heterocycles. The van der Waals surface area contributed by atoms with Crippen LogP contribution < -0.4 is 4.74 Å². The minimum Gasteiger partial charge on any atom is -0.482 e. The minimum absolute atomic E-state index is 0.413. The van der Waals surface area contributed by atoms with Gasteiger partial charge in [-0.05, 0) is 67.6 Å². The quantitative estimate of drug-likeness (QED) is 0.233. The van der Waals surface area contributed by atoms with Gasteiger partial charge in [0.2, 0.25) is 0 Å². The van der Waals surface area contributed by atoms with E-state index in [9.17, 15) is 0 Å². The van der Waals surface area contributed by atoms with Crippen molar-refractivity contribution in [2.75, 3.05) is 0 Å². The largest absolute Gasteiger partial charge is 0.482 e. The molecule has 0 fully saturated rings. The van der Waals surface area contributed by atoms with Crippen LogP contribution in [0.2, 0.25) is 0 Å². The Labute approximate surface area is 230 Å². The lowest BCUT2D eigenvalue weighted by atomic mass is 9.85. The molecule has 5 nitrogen and oxygen atoms in total. The summed E-state index contributed by atoms with van der Waals surface area (Å²) in [6, 6.07) is 31.9. The molecule has 2 aliphatic rings. The van der Waals surface area contributed by atoms with Gasteiger partial charge in [0.1, 0.15) is 11.4 Å². The zero-order chi connectivity index (χ0) is 26.4. The highest BCUT2D eigenvalue weighted by molar-refractivity contribution is 6.09. The molecule has 0 bridgehead atoms. The zero-order valence-electron chi connectivity index (χ0n) is 21.9. The van der Waals surface area contributed by atoms with Gasteiger partial charge in [-0.1, -0.05) is 42.5 Å². The van der Waals surface area contributed by atoms with Crippen molar-refractivity contribution in [3.05, 3.63) is 121 Å². The predicted octanol–water partition coefficient (Wildman–Crippen LogP) is 8.16. The highest BCUT2D eigenvalue weighted by Gasteiger charge is 2.41. The van der Waals surface area contributed by atoms with Crippen LogP contribution in [-0.2, 0) is 0 Å². The van der Waals surface area contributed by atoms with Crippen molar-refractivity contribution in [1.82, 2.24) is 19.1 Å². The Morgan fingerprint density at radius 1 is 0.700 bits per heavy atom. The van der Waals surface area contributed by atoms with E-state index in [1.165, 1.54) is 5.57 Å². The molecule has 9 rings (SSSR count). The number of pyridine rings is 2. The van der Waals surface area contributed by atoms with Crippen molar-refractivity contribution >= 4 is 55.1 Å². The first-order valence-corrected chi connectivity index (χ1v) is 13.6. The van der Waals surface area contributed by atoms with E-state index in [0.717, 1.165) is 73.0 Å². The van der Waals surface area contributed by atoms with Gasteiger partial charge in [-0.2, -0.15) is 0 Å². The molecule has 5 heterocycles. The third-order valence-corrected chi connectivity index (χ3v) is 8.52. The SMILES string of the molecule is CC12CC=C(n3c4ccccc4c4ncccc43)C=C1c1cc(-n3c4ccccc4c4ncccc43)ccc1O2. The number of fused-ring (bicyclic) bond motifs is 9. The van der Waals surface area contributed by atoms with Crippen LogP contribution in [0.25, 0.3) is 60.8 Å². The van der Waals surface area contributed by atoms with E-state index in [1.54, 1.807) is 0 Å². The summed E-state index contributed by atoms with van der Waals surface area (Å²) in [5, 5.41) is 2.32. The van der Waals surface area contributed by atoms with E-state index < -0.39 is 5.60 Å². The van der Waals surface area contributed by atoms with Crippen molar-refractivity contribution in [1.29, 1.82) is 0 Å². The van der Waals surface area contributed by atoms with Crippen molar-refractivity contribution in [3.63, 3.8) is 0 Å². The number of ether oxygens (including phenoxy) is 1. The molecule has 0 spiro atoms. The maximum atomic E-state index is 6.63. The number of rotatable bonds is 2. The van der Waals surface area contributed by atoms with Crippen LogP contribution in [0, 0.1) is 0 Å². The molecular weight excluding hydrogens is 492 g/mol. The molecule has 1 aliphatic heterocycles. The van der Waals surface area contributed by atoms with E-state index in [4.69, 9.17) is 14.7 Å². The predicted molar refractivity (Wildman–Crippen MR) is 162 cm³/mol. The fraction of sp³-hybridized carbons (Fsp3) is 0.0857. The first-order chi connectivity index (χ1) is 19.7. The van der Waals surface area contributed by atoms with Crippen LogP contribution in [0.15, 0.2) is 116 Å². The van der Waals surface area contributed by atoms with Crippen LogP contribution in [0.3, 0.4) is 0 Å². The summed E-state index contributed by atoms with van der Waals surface area (Å²) in [4.78, 5) is 9.45. The fourth-order valence-electron chi connectivity index (χ4n) is 6.71. The van der Waals surface area contributed by atoms with Gasteiger partial charge < -0.3 is 13.9 Å². The van der Waals surface area contributed by atoms with E-state index in [2.05, 4.69) is 107 Å². The van der Waals surface area contributed by atoms with Crippen LogP contribution in [0.1, 0.15) is 18.9 Å². The summed E-state index contributed by atoms with van der Waals surface area (Å²) in [5.41, 5.74) is 10.7. The Hall–Kier alpha value is -5.16. The molecule has 1 unspecified atom stereocenters. The van der Waals surface area contributed by atoms with Crippen molar-refractivity contribution in [3.8, 4) is 11.4 Å². The molecule has 4 aromatic heterocycles. The van der Waals surface area contributed by atoms with Gasteiger partial charge in [0.05, 0.1) is 33.1 Å². The Kier molecular flexibility index (Phi) is 4.19. The molecule has 0 radical (unpaired) electrons. The van der Waals surface area contributed by atoms with Gasteiger partial charge in [0.15, 0.2) is 0 Å². The zero-order valence-corrected chi connectivity index (χ0v) is 21.9. The highest BCUT2D eigenvalue weighted by atomic mass is 16.5. The summed E-state index contributed by atoms with van der Waals surface area (Å²) in [6.45, 7) is 2.20. The van der Waals surface area contributed by atoms with Crippen molar-refractivity contribution in [2.24, 2.45) is 0 Å². The van der Waals surface area contributed by atoms with Gasteiger partial charge in [0, 0.05) is 52.1 Å². The summed E-state index contributed by atoms with van der Waals surface area (Å²) in [5.74, 6) is 0.926. The second-order valence-electron chi connectivity index (χ2n) is 10.9. The molecule has 0 saturated carbocycles. The van der Waals surface area contributed by atoms with Crippen LogP contribution in [-0.4, -0.2) is 24.7 Å². The van der Waals surface area contributed by atoms with Crippen molar-refractivity contribution < 1.29 is 4.74 Å². The lowest BCUT2D eigenvalue weighted by Crippen LogP contribution is -2.30. The third kappa shape index (κ3) is 2.81. The Bertz CT molecular complexity index is 2140. The van der Waals surface area contributed by atoms with Crippen molar-refractivity contribution in [2.45, 2.75) is 18.9 Å². The number of hydrogen-bond acceptors (Lipinski definition) is 3. The first kappa shape index (κ1) is 21.7. The molecule has 1 atom stereocenters. The number of para-hydroxylation sites is 2. The molecule has 1 aliphatic carbocycles. The van der Waals surface area contributed by atoms with E-state index in [0.29, 0.717) is 0 Å². The van der Waals surface area contributed by atoms with Crippen LogP contribution in [0.4, 0.5) is 0 Å². The molecule has 7 aromatic rings. The summed E-state index contributed by atoms with van der Waals surface area (Å²) >= 11 is 0. The summed E-state index contributed by atoms with van der Waals surface area (Å²) in [6.07, 6.45) is 9.13. The summed E-state index contributed by atoms with van der Waals surface area (Å²) < 4.78 is 11.3. The normalized spacial score (nSPS) is 18.1. The molecule has 40 heavy (non-hydrogen) atoms. The van der Waals surface area contributed by atoms with Crippen LogP contribution in [0.5, 0.6) is 5.75 Å². The van der Waals surface area contributed by atoms with Gasteiger partial charge in [-0.3, -0.25) is 9.97 Å². The Morgan fingerprint density at radius 2 is 1.32 bits per heavy atom. The number of aromatic nitrogens is 4. The second-order valence-corrected chi connectivity index (χ2v) is 10.9. The van der Waals surface area contributed by atoms with Gasteiger partial charge in [-0.15, -0.1) is 0 Å². The maximum Gasteiger partial charge on any atom is 0.135 e. The summed E-state index contributed by atoms with van der Waals surface area (Å²) in [7, 11) is 0. The monoisotopic (exact) mass is 516 g/mol. The maximum absolute atomic E-state index is 6.63. The van der Waals surface area contributed by atoms with Gasteiger partial charge in [-0.25, -0.2) is 0 Å². The molecule has 0 amide bonds. The van der Waals surface area contributed by atoms with Crippen LogP contribution >= 0.6 is 0 Å². The van der Waals surface area contributed by atoms with Gasteiger partial charge >= 0.3 is 0 Å². The molecule has 190 valence electrons. The fourth-order valence-corrected chi connectivity index (χ4v) is 6.71. The highest BCUT2D eigenvalue weighted by Crippen LogP contribution is 2.50.